The fraction of sp³-hybridized carbons (Fsp3) is 0.500. The second kappa shape index (κ2) is 6.51. The summed E-state index contributed by atoms with van der Waals surface area (Å²) in [6.45, 7) is 4.27. The number of halogens is 1. The van der Waals surface area contributed by atoms with Gasteiger partial charge in [0.1, 0.15) is 5.02 Å². The van der Waals surface area contributed by atoms with Crippen molar-refractivity contribution in [2.45, 2.75) is 25.2 Å². The SMILES string of the molecule is CCC(C)CN(C)S(=O)(=O)c1ccc(Cl)c([N+](=O)[O-])c1. The normalized spacial score (nSPS) is 13.4. The highest BCUT2D eigenvalue weighted by atomic mass is 35.5. The van der Waals surface area contributed by atoms with Gasteiger partial charge in [-0.1, -0.05) is 31.9 Å². The third-order valence-corrected chi connectivity index (χ3v) is 5.23. The Morgan fingerprint density at radius 1 is 1.45 bits per heavy atom. The van der Waals surface area contributed by atoms with E-state index in [2.05, 4.69) is 0 Å². The average Bonchev–Trinajstić information content (AvgIpc) is 2.38. The van der Waals surface area contributed by atoms with Crippen LogP contribution in [0.25, 0.3) is 0 Å². The number of hydrogen-bond donors (Lipinski definition) is 0. The molecule has 1 atom stereocenters. The first kappa shape index (κ1) is 16.9. The van der Waals surface area contributed by atoms with Crippen LogP contribution in [-0.2, 0) is 10.0 Å². The van der Waals surface area contributed by atoms with Crippen molar-refractivity contribution >= 4 is 27.3 Å². The van der Waals surface area contributed by atoms with Gasteiger partial charge >= 0.3 is 0 Å². The van der Waals surface area contributed by atoms with Gasteiger partial charge in [0.25, 0.3) is 5.69 Å². The molecule has 112 valence electrons. The third-order valence-electron chi connectivity index (χ3n) is 3.09. The van der Waals surface area contributed by atoms with Crippen LogP contribution in [0.1, 0.15) is 20.3 Å². The van der Waals surface area contributed by atoms with Crippen LogP contribution in [0.15, 0.2) is 23.1 Å². The Bertz CT molecular complexity index is 603. The Balaban J connectivity index is 3.16. The van der Waals surface area contributed by atoms with Gasteiger partial charge < -0.3 is 0 Å². The zero-order valence-electron chi connectivity index (χ0n) is 11.5. The summed E-state index contributed by atoms with van der Waals surface area (Å²) in [5, 5.41) is 10.7. The summed E-state index contributed by atoms with van der Waals surface area (Å²) in [6, 6.07) is 3.49. The fourth-order valence-electron chi connectivity index (χ4n) is 1.64. The highest BCUT2D eigenvalue weighted by Crippen LogP contribution is 2.28. The molecule has 1 aromatic rings. The molecule has 0 heterocycles. The molecule has 0 bridgehead atoms. The van der Waals surface area contributed by atoms with Gasteiger partial charge in [-0.2, -0.15) is 0 Å². The van der Waals surface area contributed by atoms with Crippen molar-refractivity contribution < 1.29 is 13.3 Å². The molecule has 0 radical (unpaired) electrons. The summed E-state index contributed by atoms with van der Waals surface area (Å²) >= 11 is 5.68. The van der Waals surface area contributed by atoms with Crippen molar-refractivity contribution in [1.82, 2.24) is 4.31 Å². The lowest BCUT2D eigenvalue weighted by atomic mass is 10.1. The molecule has 1 rings (SSSR count). The lowest BCUT2D eigenvalue weighted by molar-refractivity contribution is -0.384. The van der Waals surface area contributed by atoms with Gasteiger partial charge in [-0.25, -0.2) is 12.7 Å². The molecular formula is C12H17ClN2O4S. The minimum Gasteiger partial charge on any atom is -0.258 e. The number of nitro groups is 1. The monoisotopic (exact) mass is 320 g/mol. The average molecular weight is 321 g/mol. The Kier molecular flexibility index (Phi) is 5.50. The molecule has 8 heteroatoms. The van der Waals surface area contributed by atoms with Gasteiger partial charge in [-0.3, -0.25) is 10.1 Å². The van der Waals surface area contributed by atoms with E-state index < -0.39 is 20.6 Å². The van der Waals surface area contributed by atoms with Gasteiger partial charge in [-0.05, 0) is 18.1 Å². The second-order valence-corrected chi connectivity index (χ2v) is 7.12. The van der Waals surface area contributed by atoms with E-state index in [4.69, 9.17) is 11.6 Å². The minimum absolute atomic E-state index is 0.0847. The van der Waals surface area contributed by atoms with E-state index in [1.165, 1.54) is 23.5 Å². The van der Waals surface area contributed by atoms with Crippen molar-refractivity contribution in [2.24, 2.45) is 5.92 Å². The van der Waals surface area contributed by atoms with Crippen LogP contribution in [0.3, 0.4) is 0 Å². The van der Waals surface area contributed by atoms with Crippen molar-refractivity contribution in [3.05, 3.63) is 33.3 Å². The minimum atomic E-state index is -3.75. The lowest BCUT2D eigenvalue weighted by Gasteiger charge is -2.20. The quantitative estimate of drug-likeness (QED) is 0.596. The molecule has 0 fully saturated rings. The molecule has 6 nitrogen and oxygen atoms in total. The molecular weight excluding hydrogens is 304 g/mol. The number of hydrogen-bond acceptors (Lipinski definition) is 4. The first-order valence-electron chi connectivity index (χ1n) is 6.10. The van der Waals surface area contributed by atoms with Crippen LogP contribution in [0.5, 0.6) is 0 Å². The molecule has 0 spiro atoms. The zero-order valence-corrected chi connectivity index (χ0v) is 13.1. The largest absolute Gasteiger partial charge is 0.289 e. The van der Waals surface area contributed by atoms with Gasteiger partial charge in [0.2, 0.25) is 10.0 Å². The van der Waals surface area contributed by atoms with Crippen LogP contribution in [0.2, 0.25) is 5.02 Å². The van der Waals surface area contributed by atoms with Crippen LogP contribution < -0.4 is 0 Å². The number of rotatable bonds is 6. The van der Waals surface area contributed by atoms with Gasteiger partial charge in [0.05, 0.1) is 9.82 Å². The molecule has 0 saturated heterocycles. The van der Waals surface area contributed by atoms with E-state index in [1.54, 1.807) is 0 Å². The molecule has 1 unspecified atom stereocenters. The molecule has 0 aliphatic heterocycles. The first-order valence-corrected chi connectivity index (χ1v) is 7.92. The predicted molar refractivity (Wildman–Crippen MR) is 77.4 cm³/mol. The van der Waals surface area contributed by atoms with Crippen LogP contribution in [0, 0.1) is 16.0 Å². The van der Waals surface area contributed by atoms with Gasteiger partial charge in [0.15, 0.2) is 0 Å². The van der Waals surface area contributed by atoms with Crippen LogP contribution >= 0.6 is 11.6 Å². The lowest BCUT2D eigenvalue weighted by Crippen LogP contribution is -2.31. The van der Waals surface area contributed by atoms with Crippen LogP contribution in [0.4, 0.5) is 5.69 Å². The van der Waals surface area contributed by atoms with Crippen molar-refractivity contribution in [1.29, 1.82) is 0 Å². The number of benzene rings is 1. The number of sulfonamides is 1. The molecule has 0 saturated carbocycles. The number of nitrogens with zero attached hydrogens (tertiary/aromatic N) is 2. The summed E-state index contributed by atoms with van der Waals surface area (Å²) in [7, 11) is -2.29. The second-order valence-electron chi connectivity index (χ2n) is 4.67. The van der Waals surface area contributed by atoms with Crippen molar-refractivity contribution in [2.75, 3.05) is 13.6 Å². The highest BCUT2D eigenvalue weighted by Gasteiger charge is 2.25. The van der Waals surface area contributed by atoms with Gasteiger partial charge in [0, 0.05) is 19.7 Å². The zero-order chi connectivity index (χ0) is 15.5. The topological polar surface area (TPSA) is 80.5 Å². The van der Waals surface area contributed by atoms with E-state index in [9.17, 15) is 18.5 Å². The predicted octanol–water partition coefficient (Wildman–Crippen LogP) is 2.91. The van der Waals surface area contributed by atoms with E-state index in [-0.39, 0.29) is 15.8 Å². The maximum absolute atomic E-state index is 12.3. The Labute approximate surface area is 123 Å². The summed E-state index contributed by atoms with van der Waals surface area (Å²) in [5.74, 6) is 0.206. The highest BCUT2D eigenvalue weighted by molar-refractivity contribution is 7.89. The van der Waals surface area contributed by atoms with Gasteiger partial charge in [-0.15, -0.1) is 0 Å². The maximum atomic E-state index is 12.3. The molecule has 0 aromatic heterocycles. The standard InChI is InChI=1S/C12H17ClN2O4S/c1-4-9(2)8-14(3)20(18,19)10-5-6-11(13)12(7-10)15(16)17/h5-7,9H,4,8H2,1-3H3. The van der Waals surface area contributed by atoms with Crippen molar-refractivity contribution in [3.8, 4) is 0 Å². The number of nitro benzene ring substituents is 1. The molecule has 0 N–H and O–H groups in total. The van der Waals surface area contributed by atoms with E-state index in [0.29, 0.717) is 6.54 Å². The van der Waals surface area contributed by atoms with E-state index in [1.807, 2.05) is 13.8 Å². The summed E-state index contributed by atoms with van der Waals surface area (Å²) in [5.41, 5.74) is -0.412. The first-order chi connectivity index (χ1) is 9.20. The molecule has 20 heavy (non-hydrogen) atoms. The van der Waals surface area contributed by atoms with Crippen LogP contribution in [-0.4, -0.2) is 31.2 Å². The Morgan fingerprint density at radius 3 is 2.55 bits per heavy atom. The van der Waals surface area contributed by atoms with E-state index in [0.717, 1.165) is 12.5 Å². The third kappa shape index (κ3) is 3.68. The van der Waals surface area contributed by atoms with Crippen molar-refractivity contribution in [3.63, 3.8) is 0 Å². The van der Waals surface area contributed by atoms with E-state index >= 15 is 0 Å². The Morgan fingerprint density at radius 2 is 2.05 bits per heavy atom. The summed E-state index contributed by atoms with van der Waals surface area (Å²) < 4.78 is 25.9. The molecule has 0 amide bonds. The Hall–Kier alpha value is -1.18. The maximum Gasteiger partial charge on any atom is 0.289 e. The summed E-state index contributed by atoms with van der Waals surface area (Å²) in [4.78, 5) is 9.98. The molecule has 0 aliphatic rings. The smallest absolute Gasteiger partial charge is 0.258 e. The summed E-state index contributed by atoms with van der Waals surface area (Å²) in [6.07, 6.45) is 0.848. The molecule has 0 aliphatic carbocycles. The molecule has 1 aromatic carbocycles. The fourth-order valence-corrected chi connectivity index (χ4v) is 3.14.